The fourth-order valence-corrected chi connectivity index (χ4v) is 4.50. The van der Waals surface area contributed by atoms with E-state index in [4.69, 9.17) is 14.8 Å². The predicted octanol–water partition coefficient (Wildman–Crippen LogP) is 5.31. The number of thiophene rings is 1. The number of rotatable bonds is 2. The van der Waals surface area contributed by atoms with Gasteiger partial charge in [-0.1, -0.05) is 13.8 Å². The summed E-state index contributed by atoms with van der Waals surface area (Å²) in [4.78, 5) is 19.0. The molecule has 2 heterocycles. The SMILES string of the molecule is CC.CC(C)(C)O.COC(=O)Cc1c(C)nc2sc3c(c2c1C)CCCC3. The Morgan fingerprint density at radius 1 is 1.19 bits per heavy atom. The van der Waals surface area contributed by atoms with Gasteiger partial charge >= 0.3 is 5.97 Å². The highest BCUT2D eigenvalue weighted by Crippen LogP contribution is 2.38. The van der Waals surface area contributed by atoms with E-state index < -0.39 is 5.60 Å². The van der Waals surface area contributed by atoms with Crippen molar-refractivity contribution in [3.05, 3.63) is 27.3 Å². The molecule has 0 atom stereocenters. The molecule has 5 heteroatoms. The Balaban J connectivity index is 0.000000454. The van der Waals surface area contributed by atoms with E-state index in [1.165, 1.54) is 47.8 Å². The maximum atomic E-state index is 11.6. The molecular weight excluding hydrogens is 358 g/mol. The van der Waals surface area contributed by atoms with E-state index in [1.807, 2.05) is 32.1 Å². The van der Waals surface area contributed by atoms with E-state index in [0.717, 1.165) is 22.5 Å². The summed E-state index contributed by atoms with van der Waals surface area (Å²) in [6.07, 6.45) is 5.20. The van der Waals surface area contributed by atoms with Gasteiger partial charge in [-0.15, -0.1) is 11.3 Å². The van der Waals surface area contributed by atoms with Crippen molar-refractivity contribution in [2.45, 2.75) is 86.2 Å². The summed E-state index contributed by atoms with van der Waals surface area (Å²) >= 11 is 1.83. The third-order valence-corrected chi connectivity index (χ3v) is 5.42. The zero-order valence-electron chi connectivity index (χ0n) is 18.2. The molecule has 0 bridgehead atoms. The summed E-state index contributed by atoms with van der Waals surface area (Å²) in [7, 11) is 1.44. The van der Waals surface area contributed by atoms with E-state index in [9.17, 15) is 4.79 Å². The number of carbonyl (C=O) groups excluding carboxylic acids is 1. The second kappa shape index (κ2) is 10.2. The topological polar surface area (TPSA) is 59.4 Å². The van der Waals surface area contributed by atoms with Crippen LogP contribution in [-0.4, -0.2) is 28.8 Å². The van der Waals surface area contributed by atoms with Crippen molar-refractivity contribution in [1.29, 1.82) is 0 Å². The van der Waals surface area contributed by atoms with Gasteiger partial charge in [-0.25, -0.2) is 4.98 Å². The molecule has 0 amide bonds. The lowest BCUT2D eigenvalue weighted by atomic mass is 9.93. The third-order valence-electron chi connectivity index (χ3n) is 4.24. The number of aromatic nitrogens is 1. The monoisotopic (exact) mass is 393 g/mol. The molecule has 27 heavy (non-hydrogen) atoms. The second-order valence-electron chi connectivity index (χ2n) is 7.62. The number of ether oxygens (including phenoxy) is 1. The number of methoxy groups -OCH3 is 1. The van der Waals surface area contributed by atoms with Gasteiger partial charge in [0.05, 0.1) is 19.1 Å². The smallest absolute Gasteiger partial charge is 0.310 e. The number of hydrogen-bond acceptors (Lipinski definition) is 5. The van der Waals surface area contributed by atoms with E-state index in [2.05, 4.69) is 6.92 Å². The molecule has 2 aromatic heterocycles. The molecule has 0 saturated carbocycles. The fraction of sp³-hybridized carbons (Fsp3) is 0.636. The van der Waals surface area contributed by atoms with Crippen molar-refractivity contribution in [2.75, 3.05) is 7.11 Å². The number of hydrogen-bond donors (Lipinski definition) is 1. The molecule has 1 aliphatic rings. The first-order chi connectivity index (χ1) is 12.6. The molecule has 0 unspecified atom stereocenters. The summed E-state index contributed by atoms with van der Waals surface area (Å²) in [6, 6.07) is 0. The van der Waals surface area contributed by atoms with Gasteiger partial charge in [-0.3, -0.25) is 4.79 Å². The Labute approximate surface area is 168 Å². The molecule has 1 aliphatic carbocycles. The highest BCUT2D eigenvalue weighted by Gasteiger charge is 2.21. The first-order valence-corrected chi connectivity index (χ1v) is 10.6. The van der Waals surface area contributed by atoms with Crippen LogP contribution in [0, 0.1) is 13.8 Å². The van der Waals surface area contributed by atoms with Crippen molar-refractivity contribution in [3.8, 4) is 0 Å². The quantitative estimate of drug-likeness (QED) is 0.702. The number of fused-ring (bicyclic) bond motifs is 3. The lowest BCUT2D eigenvalue weighted by Crippen LogP contribution is -2.10. The van der Waals surface area contributed by atoms with Crippen molar-refractivity contribution in [3.63, 3.8) is 0 Å². The summed E-state index contributed by atoms with van der Waals surface area (Å²) in [5, 5.41) is 9.82. The molecule has 0 saturated heterocycles. The minimum absolute atomic E-state index is 0.193. The standard InChI is InChI=1S/C16H19NO2S.C4H10O.C2H6/c1-9-12(8-14(18)19-3)10(2)17-16-15(9)11-6-4-5-7-13(11)20-16;1-4(2,3)5;1-2/h4-8H2,1-3H3;5H,1-3H3;1-2H3. The Morgan fingerprint density at radius 2 is 1.74 bits per heavy atom. The van der Waals surface area contributed by atoms with E-state index in [-0.39, 0.29) is 5.97 Å². The van der Waals surface area contributed by atoms with Crippen LogP contribution in [0.1, 0.15) is 74.7 Å². The third kappa shape index (κ3) is 6.58. The molecule has 0 spiro atoms. The van der Waals surface area contributed by atoms with Gasteiger partial charge in [0.1, 0.15) is 4.83 Å². The number of carbonyl (C=O) groups is 1. The average molecular weight is 394 g/mol. The number of pyridine rings is 1. The highest BCUT2D eigenvalue weighted by atomic mass is 32.1. The predicted molar refractivity (Wildman–Crippen MR) is 115 cm³/mol. The lowest BCUT2D eigenvalue weighted by molar-refractivity contribution is -0.139. The molecule has 1 N–H and O–H groups in total. The second-order valence-corrected chi connectivity index (χ2v) is 8.70. The Morgan fingerprint density at radius 3 is 2.30 bits per heavy atom. The number of aliphatic hydroxyl groups is 1. The highest BCUT2D eigenvalue weighted by molar-refractivity contribution is 7.18. The van der Waals surface area contributed by atoms with Crippen molar-refractivity contribution in [1.82, 2.24) is 4.98 Å². The van der Waals surface area contributed by atoms with E-state index in [0.29, 0.717) is 6.42 Å². The Hall–Kier alpha value is -1.46. The van der Waals surface area contributed by atoms with Crippen LogP contribution >= 0.6 is 11.3 Å². The Bertz CT molecular complexity index is 766. The van der Waals surface area contributed by atoms with E-state index >= 15 is 0 Å². The van der Waals surface area contributed by atoms with Crippen LogP contribution in [0.4, 0.5) is 0 Å². The lowest BCUT2D eigenvalue weighted by Gasteiger charge is -2.13. The summed E-state index contributed by atoms with van der Waals surface area (Å²) in [5.41, 5.74) is 4.19. The van der Waals surface area contributed by atoms with Gasteiger partial charge in [0.15, 0.2) is 0 Å². The summed E-state index contributed by atoms with van der Waals surface area (Å²) < 4.78 is 4.81. The van der Waals surface area contributed by atoms with Crippen LogP contribution in [-0.2, 0) is 28.8 Å². The van der Waals surface area contributed by atoms with Crippen LogP contribution in [0.2, 0.25) is 0 Å². The Kier molecular flexibility index (Phi) is 8.89. The number of esters is 1. The molecule has 4 nitrogen and oxygen atoms in total. The van der Waals surface area contributed by atoms with Gasteiger partial charge in [0.2, 0.25) is 0 Å². The zero-order chi connectivity index (χ0) is 20.8. The summed E-state index contributed by atoms with van der Waals surface area (Å²) in [6.45, 7) is 13.3. The van der Waals surface area contributed by atoms with Crippen molar-refractivity contribution >= 4 is 27.5 Å². The van der Waals surface area contributed by atoms with Crippen molar-refractivity contribution in [2.24, 2.45) is 0 Å². The number of nitrogens with zero attached hydrogens (tertiary/aromatic N) is 1. The van der Waals surface area contributed by atoms with Crippen molar-refractivity contribution < 1.29 is 14.6 Å². The number of aryl methyl sites for hydroxylation is 4. The maximum absolute atomic E-state index is 11.6. The van der Waals surface area contributed by atoms with E-state index in [1.54, 1.807) is 20.8 Å². The first kappa shape index (κ1) is 23.6. The van der Waals surface area contributed by atoms with Gasteiger partial charge in [-0.05, 0) is 77.0 Å². The molecule has 0 fully saturated rings. The van der Waals surface area contributed by atoms with Gasteiger partial charge in [-0.2, -0.15) is 0 Å². The first-order valence-electron chi connectivity index (χ1n) is 9.81. The minimum Gasteiger partial charge on any atom is -0.469 e. The van der Waals surface area contributed by atoms with Crippen LogP contribution in [0.5, 0.6) is 0 Å². The van der Waals surface area contributed by atoms with Gasteiger partial charge in [0.25, 0.3) is 0 Å². The fourth-order valence-electron chi connectivity index (χ4n) is 3.14. The summed E-state index contributed by atoms with van der Waals surface area (Å²) in [5.74, 6) is -0.193. The molecule has 0 aliphatic heterocycles. The molecule has 0 radical (unpaired) electrons. The minimum atomic E-state index is -0.500. The van der Waals surface area contributed by atoms with Crippen LogP contribution in [0.15, 0.2) is 0 Å². The molecular formula is C22H35NO3S. The normalized spacial score (nSPS) is 13.1. The van der Waals surface area contributed by atoms with Crippen LogP contribution in [0.3, 0.4) is 0 Å². The van der Waals surface area contributed by atoms with Gasteiger partial charge in [0, 0.05) is 16.0 Å². The molecule has 152 valence electrons. The van der Waals surface area contributed by atoms with Crippen LogP contribution in [0.25, 0.3) is 10.2 Å². The molecule has 2 aromatic rings. The van der Waals surface area contributed by atoms with Gasteiger partial charge < -0.3 is 9.84 Å². The van der Waals surface area contributed by atoms with Crippen LogP contribution < -0.4 is 0 Å². The zero-order valence-corrected chi connectivity index (χ0v) is 19.0. The largest absolute Gasteiger partial charge is 0.469 e. The average Bonchev–Trinajstić information content (AvgIpc) is 2.96. The maximum Gasteiger partial charge on any atom is 0.310 e. The molecule has 0 aromatic carbocycles. The molecule has 3 rings (SSSR count).